The zero-order valence-corrected chi connectivity index (χ0v) is 11.4. The van der Waals surface area contributed by atoms with Gasteiger partial charge in [0.2, 0.25) is 0 Å². The highest BCUT2D eigenvalue weighted by molar-refractivity contribution is 7.99. The Labute approximate surface area is 108 Å². The van der Waals surface area contributed by atoms with Gasteiger partial charge < -0.3 is 15.7 Å². The molecule has 2 fully saturated rings. The van der Waals surface area contributed by atoms with Crippen molar-refractivity contribution in [3.05, 3.63) is 0 Å². The maximum atomic E-state index is 10.2. The molecule has 98 valence electrons. The minimum atomic E-state index is -0.544. The van der Waals surface area contributed by atoms with Crippen LogP contribution in [0.4, 0.5) is 0 Å². The molecule has 5 heteroatoms. The third-order valence-corrected chi connectivity index (χ3v) is 4.82. The lowest BCUT2D eigenvalue weighted by atomic mass is 10.0. The number of guanidine groups is 1. The molecular weight excluding hydrogens is 234 g/mol. The summed E-state index contributed by atoms with van der Waals surface area (Å²) in [5.74, 6) is 2.73. The molecule has 1 aliphatic heterocycles. The quantitative estimate of drug-likeness (QED) is 0.521. The Morgan fingerprint density at radius 1 is 1.47 bits per heavy atom. The van der Waals surface area contributed by atoms with Gasteiger partial charge >= 0.3 is 0 Å². The van der Waals surface area contributed by atoms with Crippen molar-refractivity contribution in [2.45, 2.75) is 43.7 Å². The monoisotopic (exact) mass is 257 g/mol. The zero-order valence-electron chi connectivity index (χ0n) is 10.5. The standard InChI is InChI=1S/C12H23N3OS/c1-13-11(15-10-4-2-3-5-10)14-8-12(16)6-7-17-9-12/h10,16H,2-9H2,1H3,(H2,13,14,15). The van der Waals surface area contributed by atoms with E-state index >= 15 is 0 Å². The number of thioether (sulfide) groups is 1. The Kier molecular flexibility index (Phi) is 4.56. The van der Waals surface area contributed by atoms with Crippen molar-refractivity contribution in [2.75, 3.05) is 25.1 Å². The number of aliphatic imine (C=N–C) groups is 1. The third kappa shape index (κ3) is 3.78. The minimum absolute atomic E-state index is 0.544. The summed E-state index contributed by atoms with van der Waals surface area (Å²) >= 11 is 1.82. The lowest BCUT2D eigenvalue weighted by molar-refractivity contribution is 0.0724. The summed E-state index contributed by atoms with van der Waals surface area (Å²) in [6.45, 7) is 0.604. The summed E-state index contributed by atoms with van der Waals surface area (Å²) in [5, 5.41) is 16.9. The fourth-order valence-corrected chi connectivity index (χ4v) is 3.74. The van der Waals surface area contributed by atoms with Crippen molar-refractivity contribution in [1.82, 2.24) is 10.6 Å². The molecule has 0 aromatic carbocycles. The van der Waals surface area contributed by atoms with Crippen LogP contribution in [-0.4, -0.2) is 47.8 Å². The van der Waals surface area contributed by atoms with Gasteiger partial charge in [-0.1, -0.05) is 12.8 Å². The van der Waals surface area contributed by atoms with Crippen molar-refractivity contribution in [2.24, 2.45) is 4.99 Å². The van der Waals surface area contributed by atoms with Crippen LogP contribution in [0.25, 0.3) is 0 Å². The number of aliphatic hydroxyl groups is 1. The molecule has 1 aliphatic carbocycles. The Hall–Kier alpha value is -0.420. The topological polar surface area (TPSA) is 56.7 Å². The number of nitrogens with one attached hydrogen (secondary N) is 2. The van der Waals surface area contributed by atoms with Crippen LogP contribution in [0.2, 0.25) is 0 Å². The SMILES string of the molecule is CN=C(NCC1(O)CCSC1)NC1CCCC1. The van der Waals surface area contributed by atoms with E-state index in [1.165, 1.54) is 25.7 Å². The highest BCUT2D eigenvalue weighted by Gasteiger charge is 2.31. The van der Waals surface area contributed by atoms with Crippen molar-refractivity contribution in [3.8, 4) is 0 Å². The zero-order chi connectivity index (χ0) is 12.1. The largest absolute Gasteiger partial charge is 0.387 e. The van der Waals surface area contributed by atoms with Gasteiger partial charge in [0.1, 0.15) is 0 Å². The van der Waals surface area contributed by atoms with Gasteiger partial charge in [-0.3, -0.25) is 4.99 Å². The average Bonchev–Trinajstić information content (AvgIpc) is 2.96. The van der Waals surface area contributed by atoms with Crippen molar-refractivity contribution in [3.63, 3.8) is 0 Å². The molecule has 1 unspecified atom stereocenters. The van der Waals surface area contributed by atoms with Gasteiger partial charge in [0.15, 0.2) is 5.96 Å². The van der Waals surface area contributed by atoms with Crippen LogP contribution in [0.15, 0.2) is 4.99 Å². The van der Waals surface area contributed by atoms with E-state index in [0.717, 1.165) is 23.9 Å². The smallest absolute Gasteiger partial charge is 0.191 e. The lowest BCUT2D eigenvalue weighted by Crippen LogP contribution is -2.49. The van der Waals surface area contributed by atoms with Gasteiger partial charge in [0.05, 0.1) is 5.60 Å². The predicted molar refractivity (Wildman–Crippen MR) is 73.6 cm³/mol. The Morgan fingerprint density at radius 3 is 2.82 bits per heavy atom. The average molecular weight is 257 g/mol. The molecule has 0 aromatic rings. The third-order valence-electron chi connectivity index (χ3n) is 3.59. The number of hydrogen-bond donors (Lipinski definition) is 3. The van der Waals surface area contributed by atoms with Crippen LogP contribution in [0, 0.1) is 0 Å². The number of hydrogen-bond acceptors (Lipinski definition) is 3. The molecule has 2 aliphatic rings. The van der Waals surface area contributed by atoms with Gasteiger partial charge in [-0.2, -0.15) is 11.8 Å². The van der Waals surface area contributed by atoms with E-state index in [4.69, 9.17) is 0 Å². The maximum Gasteiger partial charge on any atom is 0.191 e. The summed E-state index contributed by atoms with van der Waals surface area (Å²) in [6, 6.07) is 0.564. The van der Waals surface area contributed by atoms with E-state index in [-0.39, 0.29) is 0 Å². The summed E-state index contributed by atoms with van der Waals surface area (Å²) in [6.07, 6.45) is 5.98. The molecule has 0 amide bonds. The molecule has 1 saturated carbocycles. The highest BCUT2D eigenvalue weighted by atomic mass is 32.2. The van der Waals surface area contributed by atoms with Crippen LogP contribution in [0.5, 0.6) is 0 Å². The molecule has 1 saturated heterocycles. The normalized spacial score (nSPS) is 30.8. The first-order valence-electron chi connectivity index (χ1n) is 6.49. The van der Waals surface area contributed by atoms with Gasteiger partial charge in [-0.25, -0.2) is 0 Å². The van der Waals surface area contributed by atoms with Crippen LogP contribution in [-0.2, 0) is 0 Å². The first-order valence-corrected chi connectivity index (χ1v) is 7.65. The van der Waals surface area contributed by atoms with Gasteiger partial charge in [0, 0.05) is 25.4 Å². The molecule has 0 radical (unpaired) electrons. The van der Waals surface area contributed by atoms with E-state index in [1.807, 2.05) is 11.8 Å². The fraction of sp³-hybridized carbons (Fsp3) is 0.917. The van der Waals surface area contributed by atoms with Crippen LogP contribution >= 0.6 is 11.8 Å². The minimum Gasteiger partial charge on any atom is -0.387 e. The fourth-order valence-electron chi connectivity index (χ4n) is 2.44. The van der Waals surface area contributed by atoms with Crippen LogP contribution in [0.3, 0.4) is 0 Å². The predicted octanol–water partition coefficient (Wildman–Crippen LogP) is 0.962. The van der Waals surface area contributed by atoms with E-state index in [1.54, 1.807) is 7.05 Å². The molecule has 17 heavy (non-hydrogen) atoms. The second-order valence-electron chi connectivity index (χ2n) is 5.08. The second kappa shape index (κ2) is 5.96. The molecule has 2 rings (SSSR count). The molecule has 0 aromatic heterocycles. The second-order valence-corrected chi connectivity index (χ2v) is 6.18. The Bertz CT molecular complexity index is 271. The van der Waals surface area contributed by atoms with Crippen molar-refractivity contribution >= 4 is 17.7 Å². The van der Waals surface area contributed by atoms with E-state index < -0.39 is 5.60 Å². The van der Waals surface area contributed by atoms with Gasteiger partial charge in [0.25, 0.3) is 0 Å². The number of rotatable bonds is 3. The first-order chi connectivity index (χ1) is 8.22. The molecular formula is C12H23N3OS. The maximum absolute atomic E-state index is 10.2. The summed E-state index contributed by atoms with van der Waals surface area (Å²) in [4.78, 5) is 4.22. The highest BCUT2D eigenvalue weighted by Crippen LogP contribution is 2.26. The summed E-state index contributed by atoms with van der Waals surface area (Å²) in [5.41, 5.74) is -0.544. The first kappa shape index (κ1) is 13.0. The van der Waals surface area contributed by atoms with Crippen LogP contribution < -0.4 is 10.6 Å². The Morgan fingerprint density at radius 2 is 2.24 bits per heavy atom. The number of nitrogens with zero attached hydrogens (tertiary/aromatic N) is 1. The lowest BCUT2D eigenvalue weighted by Gasteiger charge is -2.24. The molecule has 1 atom stereocenters. The van der Waals surface area contributed by atoms with E-state index in [9.17, 15) is 5.11 Å². The van der Waals surface area contributed by atoms with Gasteiger partial charge in [-0.05, 0) is 25.0 Å². The summed E-state index contributed by atoms with van der Waals surface area (Å²) in [7, 11) is 1.79. The molecule has 3 N–H and O–H groups in total. The molecule has 1 heterocycles. The molecule has 4 nitrogen and oxygen atoms in total. The van der Waals surface area contributed by atoms with Gasteiger partial charge in [-0.15, -0.1) is 0 Å². The van der Waals surface area contributed by atoms with E-state index in [0.29, 0.717) is 12.6 Å². The Balaban J connectivity index is 1.75. The molecule has 0 bridgehead atoms. The molecule has 0 spiro atoms. The van der Waals surface area contributed by atoms with Crippen LogP contribution in [0.1, 0.15) is 32.1 Å². The van der Waals surface area contributed by atoms with Crippen molar-refractivity contribution in [1.29, 1.82) is 0 Å². The van der Waals surface area contributed by atoms with Crippen molar-refractivity contribution < 1.29 is 5.11 Å². The van der Waals surface area contributed by atoms with E-state index in [2.05, 4.69) is 15.6 Å². The summed E-state index contributed by atoms with van der Waals surface area (Å²) < 4.78 is 0.